The minimum atomic E-state index is -1.56. The van der Waals surface area contributed by atoms with E-state index in [-0.39, 0.29) is 70.4 Å². The van der Waals surface area contributed by atoms with Crippen molar-refractivity contribution >= 4 is 70.0 Å². The number of carbonyl (C=O) groups is 9. The van der Waals surface area contributed by atoms with Gasteiger partial charge in [-0.25, -0.2) is 4.98 Å². The third kappa shape index (κ3) is 16.8. The zero-order valence-corrected chi connectivity index (χ0v) is 45.5. The molecular formula is C54H77N15O9. The van der Waals surface area contributed by atoms with Gasteiger partial charge in [-0.15, -0.1) is 0 Å². The highest BCUT2D eigenvalue weighted by molar-refractivity contribution is 5.99. The summed E-state index contributed by atoms with van der Waals surface area (Å²) in [5, 5.41) is 11.8. The van der Waals surface area contributed by atoms with E-state index in [1.807, 2.05) is 31.2 Å². The summed E-state index contributed by atoms with van der Waals surface area (Å²) in [6.45, 7) is 3.30. The van der Waals surface area contributed by atoms with Crippen molar-refractivity contribution in [1.82, 2.24) is 55.8 Å². The maximum Gasteiger partial charge on any atom is 0.246 e. The van der Waals surface area contributed by atoms with Crippen LogP contribution in [0.15, 0.2) is 78.3 Å². The molecule has 78 heavy (non-hydrogen) atoms. The second-order valence-electron chi connectivity index (χ2n) is 19.8. The molecular weight excluding hydrogens is 1000 g/mol. The number of guanidine groups is 1. The lowest BCUT2D eigenvalue weighted by Gasteiger charge is -2.37. The fourth-order valence-corrected chi connectivity index (χ4v) is 9.61. The zero-order valence-electron chi connectivity index (χ0n) is 45.5. The highest BCUT2D eigenvalue weighted by Gasteiger charge is 2.41. The number of hydrogen-bond donors (Lipinski definition) is 9. The molecule has 0 aliphatic carbocycles. The molecule has 0 bridgehead atoms. The van der Waals surface area contributed by atoms with E-state index in [1.54, 1.807) is 36.5 Å². The Balaban J connectivity index is 1.64. The lowest BCUT2D eigenvalue weighted by Crippen LogP contribution is -2.61. The number of para-hydroxylation sites is 1. The van der Waals surface area contributed by atoms with Crippen molar-refractivity contribution in [2.24, 2.45) is 22.2 Å². The number of nitrogens with zero attached hydrogens (tertiary/aromatic N) is 6. The molecule has 2 aromatic carbocycles. The lowest BCUT2D eigenvalue weighted by molar-refractivity contribution is -0.150. The second kappa shape index (κ2) is 29.3. The SMILES string of the molecule is CCCC[C@H](NC(C)=O)C(=O)N[C@H]1CC(=O)NCCCC[C@@H](C(N)=O)N(C)C(=O)[C@H](Cc2c[nH]c3ccccc23)N(C)C(=O)[C@H](CCCN=C(N)N)NC(=O)[C@@H](Cc2ccccc2)N(C)C(=O)[C@H](Cc2cnc[nH]2)N(C)C1=O. The van der Waals surface area contributed by atoms with Crippen molar-refractivity contribution < 1.29 is 43.2 Å². The van der Waals surface area contributed by atoms with Crippen LogP contribution in [0.4, 0.5) is 0 Å². The molecule has 5 rings (SSSR count). The minimum absolute atomic E-state index is 0.0203. The average Bonchev–Trinajstić information content (AvgIpc) is 4.12. The molecule has 24 nitrogen and oxygen atoms in total. The van der Waals surface area contributed by atoms with Gasteiger partial charge in [-0.05, 0) is 55.7 Å². The first-order valence-corrected chi connectivity index (χ1v) is 26.3. The summed E-state index contributed by atoms with van der Waals surface area (Å²) in [7, 11) is 5.62. The Labute approximate surface area is 454 Å². The molecule has 24 heteroatoms. The topological polar surface area (TPSA) is 350 Å². The Hall–Kier alpha value is -8.31. The van der Waals surface area contributed by atoms with Crippen molar-refractivity contribution in [2.75, 3.05) is 41.3 Å². The minimum Gasteiger partial charge on any atom is -0.370 e. The van der Waals surface area contributed by atoms with E-state index in [2.05, 4.69) is 41.2 Å². The smallest absolute Gasteiger partial charge is 0.246 e. The predicted octanol–water partition coefficient (Wildman–Crippen LogP) is 0.120. The van der Waals surface area contributed by atoms with Crippen LogP contribution in [0.3, 0.4) is 0 Å². The normalized spacial score (nSPS) is 21.4. The fraction of sp³-hybridized carbons (Fsp3) is 0.500. The molecule has 422 valence electrons. The summed E-state index contributed by atoms with van der Waals surface area (Å²) in [5.74, 6) is -6.48. The highest BCUT2D eigenvalue weighted by atomic mass is 16.2. The van der Waals surface area contributed by atoms with Gasteiger partial charge in [-0.1, -0.05) is 68.3 Å². The maximum absolute atomic E-state index is 15.3. The number of benzene rings is 2. The van der Waals surface area contributed by atoms with Gasteiger partial charge in [0, 0.05) is 96.5 Å². The summed E-state index contributed by atoms with van der Waals surface area (Å²) in [6.07, 6.45) is 6.05. The van der Waals surface area contributed by atoms with Gasteiger partial charge in [-0.2, -0.15) is 0 Å². The second-order valence-corrected chi connectivity index (χ2v) is 19.8. The van der Waals surface area contributed by atoms with E-state index < -0.39 is 102 Å². The molecule has 9 amide bonds. The molecule has 3 heterocycles. The summed E-state index contributed by atoms with van der Waals surface area (Å²) < 4.78 is 0. The first kappa shape index (κ1) is 60.6. The highest BCUT2D eigenvalue weighted by Crippen LogP contribution is 2.24. The van der Waals surface area contributed by atoms with E-state index in [0.717, 1.165) is 15.8 Å². The third-order valence-corrected chi connectivity index (χ3v) is 14.1. The molecule has 12 N–H and O–H groups in total. The first-order chi connectivity index (χ1) is 37.2. The number of fused-ring (bicyclic) bond motifs is 1. The third-order valence-electron chi connectivity index (χ3n) is 14.1. The first-order valence-electron chi connectivity index (χ1n) is 26.3. The Morgan fingerprint density at radius 3 is 2.12 bits per heavy atom. The molecule has 0 spiro atoms. The van der Waals surface area contributed by atoms with Crippen LogP contribution < -0.4 is 38.5 Å². The van der Waals surface area contributed by atoms with E-state index in [9.17, 15) is 28.8 Å². The molecule has 1 saturated heterocycles. The Kier molecular flexibility index (Phi) is 22.7. The number of aromatic amines is 2. The van der Waals surface area contributed by atoms with Crippen LogP contribution in [0.2, 0.25) is 0 Å². The molecule has 1 fully saturated rings. The van der Waals surface area contributed by atoms with E-state index in [0.29, 0.717) is 36.1 Å². The van der Waals surface area contributed by atoms with Crippen molar-refractivity contribution in [2.45, 2.75) is 133 Å². The molecule has 0 radical (unpaired) electrons. The molecule has 4 aromatic rings. The molecule has 2 aromatic heterocycles. The number of nitrogens with two attached hydrogens (primary N) is 3. The molecule has 0 saturated carbocycles. The van der Waals surface area contributed by atoms with Gasteiger partial charge in [0.2, 0.25) is 53.2 Å². The van der Waals surface area contributed by atoms with Crippen LogP contribution in [0.25, 0.3) is 10.9 Å². The number of primary amides is 1. The van der Waals surface area contributed by atoms with Crippen molar-refractivity contribution in [1.29, 1.82) is 0 Å². The Morgan fingerprint density at radius 1 is 0.782 bits per heavy atom. The largest absolute Gasteiger partial charge is 0.370 e. The summed E-state index contributed by atoms with van der Waals surface area (Å²) >= 11 is 0. The van der Waals surface area contributed by atoms with Gasteiger partial charge >= 0.3 is 0 Å². The number of aromatic nitrogens is 3. The number of nitrogens with one attached hydrogen (secondary N) is 6. The van der Waals surface area contributed by atoms with Gasteiger partial charge < -0.3 is 68.0 Å². The van der Waals surface area contributed by atoms with Gasteiger partial charge in [0.1, 0.15) is 42.3 Å². The van der Waals surface area contributed by atoms with Gasteiger partial charge in [0.15, 0.2) is 5.96 Å². The van der Waals surface area contributed by atoms with Crippen LogP contribution in [0.1, 0.15) is 88.5 Å². The fourth-order valence-electron chi connectivity index (χ4n) is 9.61. The van der Waals surface area contributed by atoms with Crippen LogP contribution in [-0.2, 0) is 62.4 Å². The summed E-state index contributed by atoms with van der Waals surface area (Å²) in [6, 6.07) is 7.18. The number of amides is 9. The van der Waals surface area contributed by atoms with E-state index >= 15 is 14.4 Å². The number of hydrogen-bond acceptors (Lipinski definition) is 11. The molecule has 0 unspecified atom stereocenters. The molecule has 1 aliphatic rings. The van der Waals surface area contributed by atoms with E-state index in [1.165, 1.54) is 62.3 Å². The molecule has 7 atom stereocenters. The lowest BCUT2D eigenvalue weighted by atomic mass is 9.99. The van der Waals surface area contributed by atoms with Crippen molar-refractivity contribution in [3.8, 4) is 0 Å². The monoisotopic (exact) mass is 1080 g/mol. The van der Waals surface area contributed by atoms with Gasteiger partial charge in [-0.3, -0.25) is 48.1 Å². The number of unbranched alkanes of at least 4 members (excludes halogenated alkanes) is 1. The number of likely N-dealkylation sites (N-methyl/N-ethyl adjacent to an activating group) is 4. The number of imidazole rings is 1. The summed E-state index contributed by atoms with van der Waals surface area (Å²) in [5.41, 5.74) is 19.8. The predicted molar refractivity (Wildman–Crippen MR) is 292 cm³/mol. The van der Waals surface area contributed by atoms with E-state index in [4.69, 9.17) is 17.2 Å². The Morgan fingerprint density at radius 2 is 1.45 bits per heavy atom. The number of carbonyl (C=O) groups excluding carboxylic acids is 9. The van der Waals surface area contributed by atoms with Crippen LogP contribution in [0.5, 0.6) is 0 Å². The zero-order chi connectivity index (χ0) is 57.1. The molecule has 1 aliphatic heterocycles. The van der Waals surface area contributed by atoms with Crippen molar-refractivity contribution in [3.05, 3.63) is 90.1 Å². The van der Waals surface area contributed by atoms with Crippen LogP contribution in [-0.4, -0.2) is 177 Å². The van der Waals surface area contributed by atoms with Gasteiger partial charge in [0.25, 0.3) is 0 Å². The Bertz CT molecular complexity index is 2730. The van der Waals surface area contributed by atoms with Crippen LogP contribution >= 0.6 is 0 Å². The maximum atomic E-state index is 15.3. The standard InChI is InChI=1S/C54H77N15O9/c1-7-8-20-39(63-33(2)70)48(73)65-41-29-46(71)59-24-15-14-23-42(47(55)72)66(3)52(77)44(27-35-30-61-38-21-13-12-19-37(35)38)68(5)50(75)40(22-16-25-60-54(56)57)64-49(74)43(26-34-17-10-9-11-18-34)67(4)53(78)45(69(6)51(41)76)28-36-31-58-32-62-36/h9-13,17-19,21,30-32,39-45,61H,7-8,14-16,20,22-29H2,1-6H3,(H2,55,72)(H,58,62)(H,59,71)(H,63,70)(H,64,74)(H,65,73)(H4,56,57,60)/t39-,40-,41-,42-,43+,44-,45-/m0/s1. The number of aliphatic imine (C=N–C) groups is 1. The quantitative estimate of drug-likeness (QED) is 0.0387. The number of rotatable bonds is 17. The van der Waals surface area contributed by atoms with Gasteiger partial charge in [0.05, 0.1) is 12.7 Å². The summed E-state index contributed by atoms with van der Waals surface area (Å²) in [4.78, 5) is 148. The number of H-pyrrole nitrogens is 2. The van der Waals surface area contributed by atoms with Crippen LogP contribution in [0, 0.1) is 0 Å². The average molecular weight is 1080 g/mol. The van der Waals surface area contributed by atoms with Crippen molar-refractivity contribution in [3.63, 3.8) is 0 Å².